The van der Waals surface area contributed by atoms with E-state index in [0.717, 1.165) is 34.8 Å². The number of hydrogen-bond donors (Lipinski definition) is 1. The lowest BCUT2D eigenvalue weighted by Crippen LogP contribution is -2.43. The highest BCUT2D eigenvalue weighted by molar-refractivity contribution is 5.95. The molecule has 2 amide bonds. The van der Waals surface area contributed by atoms with Gasteiger partial charge in [0.1, 0.15) is 22.8 Å². The van der Waals surface area contributed by atoms with Crippen molar-refractivity contribution in [2.75, 3.05) is 25.0 Å². The molecular weight excluding hydrogens is 765 g/mol. The second-order valence-corrected chi connectivity index (χ2v) is 16.9. The molecule has 2 aliphatic heterocycles. The fourth-order valence-corrected chi connectivity index (χ4v) is 8.61. The molecule has 0 bridgehead atoms. The maximum atomic E-state index is 14.9. The first-order valence-corrected chi connectivity index (χ1v) is 20.3. The van der Waals surface area contributed by atoms with Crippen molar-refractivity contribution < 1.29 is 18.4 Å². The van der Waals surface area contributed by atoms with Crippen LogP contribution >= 0.6 is 0 Å². The SMILES string of the molecule is CC(C)(C)CC(=O)N1CCCC(n2c(=O)n(-c3ccc(C(=O)N4CCc5c(n(Cc6ccc(F)cc6F)c6ncccc56)C4)cc3)c3cnc(Nc4ccccc4)nc32)C1. The highest BCUT2D eigenvalue weighted by Crippen LogP contribution is 2.33. The molecule has 1 N–H and O–H groups in total. The zero-order valence-corrected chi connectivity index (χ0v) is 33.7. The molecule has 0 saturated carbocycles. The van der Waals surface area contributed by atoms with Crippen LogP contribution < -0.4 is 11.0 Å². The van der Waals surface area contributed by atoms with E-state index in [1.54, 1.807) is 50.7 Å². The topological polar surface area (TPSA) is 123 Å². The third kappa shape index (κ3) is 7.42. The number of anilines is 2. The van der Waals surface area contributed by atoms with Crippen LogP contribution in [0.15, 0.2) is 102 Å². The van der Waals surface area contributed by atoms with Crippen molar-refractivity contribution in [2.24, 2.45) is 5.41 Å². The Balaban J connectivity index is 1.03. The summed E-state index contributed by atoms with van der Waals surface area (Å²) < 4.78 is 33.8. The fourth-order valence-electron chi connectivity index (χ4n) is 8.61. The quantitative estimate of drug-likeness (QED) is 0.166. The number of carbonyl (C=O) groups is 2. The molecule has 6 heterocycles. The average molecular weight is 810 g/mol. The smallest absolute Gasteiger partial charge is 0.335 e. The molecule has 306 valence electrons. The second kappa shape index (κ2) is 15.5. The van der Waals surface area contributed by atoms with Crippen LogP contribution in [0.2, 0.25) is 0 Å². The van der Waals surface area contributed by atoms with Gasteiger partial charge in [-0.1, -0.05) is 45.0 Å². The number of halogens is 2. The number of nitrogens with one attached hydrogen (secondary N) is 1. The molecule has 0 spiro atoms. The number of pyridine rings is 1. The highest BCUT2D eigenvalue weighted by atomic mass is 19.1. The summed E-state index contributed by atoms with van der Waals surface area (Å²) in [6.07, 6.45) is 5.75. The number of para-hydroxylation sites is 1. The van der Waals surface area contributed by atoms with Crippen molar-refractivity contribution in [1.82, 2.24) is 38.5 Å². The van der Waals surface area contributed by atoms with Crippen molar-refractivity contribution in [2.45, 2.75) is 65.6 Å². The van der Waals surface area contributed by atoms with Crippen LogP contribution in [-0.4, -0.2) is 69.9 Å². The molecular formula is C46H45F2N9O3. The standard InChI is InChI=1S/C46H45F2N9O3/c1-46(2,3)24-40(58)53-21-8-11-34(27-53)57-42-38(25-50-44(52-42)51-32-9-5-4-6-10-32)56(45(57)60)33-17-14-29(15-18-33)43(59)54-22-19-35-36-12-7-20-49-41(36)55(39(35)28-54)26-30-13-16-31(47)23-37(30)48/h4-7,9-10,12-18,20,23,25,34H,8,11,19,21-22,24,26-28H2,1-3H3,(H,50,51,52). The van der Waals surface area contributed by atoms with E-state index in [1.807, 2.05) is 72.7 Å². The first-order chi connectivity index (χ1) is 28.9. The zero-order chi connectivity index (χ0) is 41.7. The van der Waals surface area contributed by atoms with Gasteiger partial charge in [0.15, 0.2) is 5.65 Å². The molecule has 7 aromatic rings. The van der Waals surface area contributed by atoms with Gasteiger partial charge in [0.05, 0.1) is 31.0 Å². The van der Waals surface area contributed by atoms with Gasteiger partial charge >= 0.3 is 5.69 Å². The molecule has 60 heavy (non-hydrogen) atoms. The Morgan fingerprint density at radius 1 is 0.900 bits per heavy atom. The minimum atomic E-state index is -0.647. The summed E-state index contributed by atoms with van der Waals surface area (Å²) in [6.45, 7) is 8.02. The molecule has 12 nitrogen and oxygen atoms in total. The summed E-state index contributed by atoms with van der Waals surface area (Å²) in [5.74, 6) is -1.09. The number of imidazole rings is 1. The highest BCUT2D eigenvalue weighted by Gasteiger charge is 2.32. The van der Waals surface area contributed by atoms with Gasteiger partial charge in [-0.25, -0.2) is 23.5 Å². The first kappa shape index (κ1) is 38.8. The predicted octanol–water partition coefficient (Wildman–Crippen LogP) is 7.80. The van der Waals surface area contributed by atoms with Crippen LogP contribution in [0, 0.1) is 17.0 Å². The van der Waals surface area contributed by atoms with Crippen molar-refractivity contribution in [3.8, 4) is 5.69 Å². The molecule has 4 aromatic heterocycles. The van der Waals surface area contributed by atoms with Gasteiger partial charge in [0, 0.05) is 66.2 Å². The van der Waals surface area contributed by atoms with Crippen LogP contribution in [-0.2, 0) is 24.3 Å². The number of hydrogen-bond acceptors (Lipinski definition) is 7. The molecule has 1 saturated heterocycles. The van der Waals surface area contributed by atoms with E-state index in [0.29, 0.717) is 78.5 Å². The van der Waals surface area contributed by atoms with Crippen molar-refractivity contribution in [1.29, 1.82) is 0 Å². The number of likely N-dealkylation sites (tertiary alicyclic amines) is 1. The van der Waals surface area contributed by atoms with Gasteiger partial charge in [0.25, 0.3) is 5.91 Å². The van der Waals surface area contributed by atoms with Gasteiger partial charge in [-0.3, -0.25) is 18.7 Å². The van der Waals surface area contributed by atoms with Crippen LogP contribution in [0.4, 0.5) is 20.4 Å². The largest absolute Gasteiger partial charge is 0.341 e. The normalized spacial score (nSPS) is 15.7. The van der Waals surface area contributed by atoms with Crippen molar-refractivity contribution in [3.63, 3.8) is 0 Å². The number of amides is 2. The number of piperidine rings is 1. The molecule has 1 fully saturated rings. The van der Waals surface area contributed by atoms with Gasteiger partial charge in [-0.2, -0.15) is 4.98 Å². The minimum absolute atomic E-state index is 0.0649. The summed E-state index contributed by atoms with van der Waals surface area (Å²) in [6, 6.07) is 23.6. The fraction of sp³-hybridized carbons (Fsp3) is 0.304. The molecule has 0 aliphatic carbocycles. The summed E-state index contributed by atoms with van der Waals surface area (Å²) in [5.41, 5.74) is 5.14. The van der Waals surface area contributed by atoms with E-state index in [4.69, 9.17) is 4.98 Å². The third-order valence-electron chi connectivity index (χ3n) is 11.5. The average Bonchev–Trinajstić information content (AvgIpc) is 3.71. The summed E-state index contributed by atoms with van der Waals surface area (Å²) in [5, 5.41) is 4.19. The number of nitrogens with zero attached hydrogens (tertiary/aromatic N) is 8. The number of fused-ring (bicyclic) bond motifs is 4. The van der Waals surface area contributed by atoms with Crippen LogP contribution in [0.1, 0.15) is 73.3 Å². The predicted molar refractivity (Wildman–Crippen MR) is 225 cm³/mol. The molecule has 9 rings (SSSR count). The molecule has 1 unspecified atom stereocenters. The Morgan fingerprint density at radius 3 is 2.47 bits per heavy atom. The van der Waals surface area contributed by atoms with Crippen molar-refractivity contribution in [3.05, 3.63) is 142 Å². The van der Waals surface area contributed by atoms with E-state index in [2.05, 4.69) is 15.3 Å². The number of aromatic nitrogens is 6. The minimum Gasteiger partial charge on any atom is -0.341 e. The number of rotatable bonds is 8. The van der Waals surface area contributed by atoms with Gasteiger partial charge in [0.2, 0.25) is 11.9 Å². The third-order valence-corrected chi connectivity index (χ3v) is 11.5. The summed E-state index contributed by atoms with van der Waals surface area (Å²) in [7, 11) is 0. The Labute approximate surface area is 345 Å². The maximum Gasteiger partial charge on any atom is 0.335 e. The lowest BCUT2D eigenvalue weighted by Gasteiger charge is -2.34. The summed E-state index contributed by atoms with van der Waals surface area (Å²) in [4.78, 5) is 59.9. The molecule has 2 aliphatic rings. The molecule has 3 aromatic carbocycles. The summed E-state index contributed by atoms with van der Waals surface area (Å²) >= 11 is 0. The Morgan fingerprint density at radius 2 is 1.70 bits per heavy atom. The Hall–Kier alpha value is -6.70. The van der Waals surface area contributed by atoms with Crippen LogP contribution in [0.3, 0.4) is 0 Å². The van der Waals surface area contributed by atoms with Gasteiger partial charge < -0.3 is 19.7 Å². The van der Waals surface area contributed by atoms with E-state index < -0.39 is 11.6 Å². The van der Waals surface area contributed by atoms with E-state index in [9.17, 15) is 23.2 Å². The monoisotopic (exact) mass is 809 g/mol. The lowest BCUT2D eigenvalue weighted by atomic mass is 9.91. The van der Waals surface area contributed by atoms with Gasteiger partial charge in [-0.15, -0.1) is 0 Å². The van der Waals surface area contributed by atoms with E-state index in [-0.39, 0.29) is 42.1 Å². The van der Waals surface area contributed by atoms with E-state index >= 15 is 0 Å². The molecule has 1 atom stereocenters. The second-order valence-electron chi connectivity index (χ2n) is 16.9. The Kier molecular flexibility index (Phi) is 10.0. The lowest BCUT2D eigenvalue weighted by molar-refractivity contribution is -0.134. The van der Waals surface area contributed by atoms with E-state index in [1.165, 1.54) is 12.1 Å². The first-order valence-electron chi connectivity index (χ1n) is 20.3. The van der Waals surface area contributed by atoms with Crippen molar-refractivity contribution >= 4 is 45.6 Å². The number of carbonyl (C=O) groups excluding carboxylic acids is 2. The van der Waals surface area contributed by atoms with Gasteiger partial charge in [-0.05, 0) is 84.8 Å². The van der Waals surface area contributed by atoms with Crippen LogP contribution in [0.5, 0.6) is 0 Å². The molecule has 0 radical (unpaired) electrons. The maximum absolute atomic E-state index is 14.9. The van der Waals surface area contributed by atoms with Crippen LogP contribution in [0.25, 0.3) is 27.9 Å². The number of benzene rings is 3. The Bertz CT molecular complexity index is 2830. The molecule has 14 heteroatoms. The zero-order valence-electron chi connectivity index (χ0n) is 33.7.